The second kappa shape index (κ2) is 8.68. The van der Waals surface area contributed by atoms with Crippen molar-refractivity contribution in [1.82, 2.24) is 20.3 Å². The zero-order chi connectivity index (χ0) is 19.2. The summed E-state index contributed by atoms with van der Waals surface area (Å²) in [7, 11) is 3.19. The summed E-state index contributed by atoms with van der Waals surface area (Å²) in [6.07, 6.45) is 2.27. The minimum absolute atomic E-state index is 0.265. The van der Waals surface area contributed by atoms with E-state index in [2.05, 4.69) is 31.6 Å². The molecule has 140 valence electrons. The summed E-state index contributed by atoms with van der Waals surface area (Å²) >= 11 is 3.39. The Morgan fingerprint density at radius 1 is 1.11 bits per heavy atom. The predicted molar refractivity (Wildman–Crippen MR) is 105 cm³/mol. The molecule has 0 atom stereocenters. The van der Waals surface area contributed by atoms with Crippen LogP contribution >= 0.6 is 15.9 Å². The van der Waals surface area contributed by atoms with Crippen molar-refractivity contribution < 1.29 is 14.3 Å². The quantitative estimate of drug-likeness (QED) is 0.623. The van der Waals surface area contributed by atoms with Gasteiger partial charge in [0.15, 0.2) is 17.2 Å². The summed E-state index contributed by atoms with van der Waals surface area (Å²) in [5.41, 5.74) is 2.13. The number of hydrogen-bond acceptors (Lipinski definition) is 5. The summed E-state index contributed by atoms with van der Waals surface area (Å²) in [6.45, 7) is 0.472. The first kappa shape index (κ1) is 18.9. The number of benzene rings is 2. The molecule has 0 aliphatic heterocycles. The molecule has 1 aromatic heterocycles. The van der Waals surface area contributed by atoms with E-state index < -0.39 is 0 Å². The van der Waals surface area contributed by atoms with Crippen molar-refractivity contribution in [3.63, 3.8) is 0 Å². The van der Waals surface area contributed by atoms with E-state index in [1.807, 2.05) is 42.5 Å². The van der Waals surface area contributed by atoms with Gasteiger partial charge in [-0.2, -0.15) is 0 Å². The topological polar surface area (TPSA) is 78.3 Å². The van der Waals surface area contributed by atoms with Gasteiger partial charge in [-0.1, -0.05) is 27.2 Å². The molecular formula is C19H19BrN4O3. The summed E-state index contributed by atoms with van der Waals surface area (Å²) in [6, 6.07) is 13.3. The number of nitrogens with one attached hydrogen (secondary N) is 1. The highest BCUT2D eigenvalue weighted by Gasteiger charge is 2.11. The molecule has 3 aromatic rings. The van der Waals surface area contributed by atoms with Gasteiger partial charge in [0.05, 0.1) is 26.1 Å². The number of carbonyl (C=O) groups is 1. The minimum atomic E-state index is -0.265. The molecule has 3 rings (SSSR count). The lowest BCUT2D eigenvalue weighted by Gasteiger charge is -2.09. The molecule has 8 heteroatoms. The van der Waals surface area contributed by atoms with Crippen LogP contribution in [0.15, 0.2) is 53.1 Å². The van der Waals surface area contributed by atoms with Gasteiger partial charge in [-0.15, -0.1) is 5.10 Å². The Hall–Kier alpha value is -2.87. The molecule has 0 aliphatic carbocycles. The van der Waals surface area contributed by atoms with Crippen LogP contribution < -0.4 is 14.8 Å². The lowest BCUT2D eigenvalue weighted by molar-refractivity contribution is 0.0949. The fourth-order valence-electron chi connectivity index (χ4n) is 2.53. The van der Waals surface area contributed by atoms with E-state index in [1.165, 1.54) is 0 Å². The molecule has 0 aliphatic rings. The number of ether oxygens (including phenoxy) is 2. The molecule has 1 amide bonds. The van der Waals surface area contributed by atoms with Gasteiger partial charge in [-0.05, 0) is 48.4 Å². The van der Waals surface area contributed by atoms with Crippen molar-refractivity contribution in [2.45, 2.75) is 6.42 Å². The van der Waals surface area contributed by atoms with Crippen LogP contribution in [0.3, 0.4) is 0 Å². The highest BCUT2D eigenvalue weighted by atomic mass is 79.9. The van der Waals surface area contributed by atoms with E-state index in [4.69, 9.17) is 9.47 Å². The number of nitrogens with zero attached hydrogens (tertiary/aromatic N) is 3. The van der Waals surface area contributed by atoms with Gasteiger partial charge in [-0.3, -0.25) is 4.79 Å². The van der Waals surface area contributed by atoms with Crippen LogP contribution in [-0.4, -0.2) is 41.7 Å². The first-order chi connectivity index (χ1) is 13.1. The predicted octanol–water partition coefficient (Wildman–Crippen LogP) is 3.02. The third-order valence-corrected chi connectivity index (χ3v) is 4.49. The van der Waals surface area contributed by atoms with E-state index in [1.54, 1.807) is 25.1 Å². The highest BCUT2D eigenvalue weighted by Crippen LogP contribution is 2.27. The number of aromatic nitrogens is 3. The molecule has 1 N–H and O–H groups in total. The Labute approximate surface area is 165 Å². The molecular weight excluding hydrogens is 412 g/mol. The molecule has 0 unspecified atom stereocenters. The number of amides is 1. The van der Waals surface area contributed by atoms with Gasteiger partial charge < -0.3 is 14.8 Å². The second-order valence-corrected chi connectivity index (χ2v) is 6.64. The fourth-order valence-corrected chi connectivity index (χ4v) is 2.80. The van der Waals surface area contributed by atoms with Crippen molar-refractivity contribution in [3.05, 3.63) is 64.4 Å². The van der Waals surface area contributed by atoms with E-state index in [0.29, 0.717) is 24.5 Å². The van der Waals surface area contributed by atoms with Crippen LogP contribution in [0.5, 0.6) is 11.5 Å². The fraction of sp³-hybridized carbons (Fsp3) is 0.211. The maximum atomic E-state index is 12.3. The Bertz CT molecular complexity index is 925. The van der Waals surface area contributed by atoms with E-state index in [0.717, 1.165) is 15.7 Å². The summed E-state index contributed by atoms with van der Waals surface area (Å²) < 4.78 is 13.0. The zero-order valence-electron chi connectivity index (χ0n) is 15.0. The number of halogens is 1. The molecule has 0 spiro atoms. The Morgan fingerprint density at radius 3 is 2.56 bits per heavy atom. The van der Waals surface area contributed by atoms with Crippen molar-refractivity contribution in [2.24, 2.45) is 0 Å². The van der Waals surface area contributed by atoms with Gasteiger partial charge in [0.2, 0.25) is 0 Å². The monoisotopic (exact) mass is 430 g/mol. The van der Waals surface area contributed by atoms with Gasteiger partial charge >= 0.3 is 0 Å². The first-order valence-electron chi connectivity index (χ1n) is 8.28. The van der Waals surface area contributed by atoms with Gasteiger partial charge in [0.25, 0.3) is 5.91 Å². The number of rotatable bonds is 7. The van der Waals surface area contributed by atoms with Crippen molar-refractivity contribution in [1.29, 1.82) is 0 Å². The molecule has 0 saturated carbocycles. The zero-order valence-corrected chi connectivity index (χ0v) is 16.6. The van der Waals surface area contributed by atoms with Crippen LogP contribution in [0.2, 0.25) is 0 Å². The Morgan fingerprint density at radius 2 is 1.85 bits per heavy atom. The van der Waals surface area contributed by atoms with Crippen molar-refractivity contribution >= 4 is 21.8 Å². The molecule has 27 heavy (non-hydrogen) atoms. The average Bonchev–Trinajstić information content (AvgIpc) is 3.18. The second-order valence-electron chi connectivity index (χ2n) is 5.72. The normalized spacial score (nSPS) is 10.5. The molecule has 2 aromatic carbocycles. The molecule has 0 saturated heterocycles. The third kappa shape index (κ3) is 4.65. The summed E-state index contributed by atoms with van der Waals surface area (Å²) in [4.78, 5) is 12.3. The van der Waals surface area contributed by atoms with Gasteiger partial charge in [0.1, 0.15) is 0 Å². The van der Waals surface area contributed by atoms with E-state index >= 15 is 0 Å². The first-order valence-corrected chi connectivity index (χ1v) is 9.07. The maximum absolute atomic E-state index is 12.3. The number of methoxy groups -OCH3 is 2. The van der Waals surface area contributed by atoms with Crippen molar-refractivity contribution in [2.75, 3.05) is 20.8 Å². The smallest absolute Gasteiger partial charge is 0.273 e. The molecule has 0 radical (unpaired) electrons. The van der Waals surface area contributed by atoms with Crippen LogP contribution in [0.1, 0.15) is 16.1 Å². The van der Waals surface area contributed by atoms with Crippen LogP contribution in [0, 0.1) is 0 Å². The molecule has 0 bridgehead atoms. The SMILES string of the molecule is COc1ccc(CCNC(=O)c2cn(-c3ccc(Br)cc3)nn2)cc1OC. The maximum Gasteiger partial charge on any atom is 0.273 e. The lowest BCUT2D eigenvalue weighted by Crippen LogP contribution is -2.26. The van der Waals surface area contributed by atoms with Crippen LogP contribution in [0.4, 0.5) is 0 Å². The van der Waals surface area contributed by atoms with Crippen LogP contribution in [-0.2, 0) is 6.42 Å². The minimum Gasteiger partial charge on any atom is -0.493 e. The standard InChI is InChI=1S/C19H19BrN4O3/c1-26-17-8-3-13(11-18(17)27-2)9-10-21-19(25)16-12-24(23-22-16)15-6-4-14(20)5-7-15/h3-8,11-12H,9-10H2,1-2H3,(H,21,25). The van der Waals surface area contributed by atoms with Gasteiger partial charge in [-0.25, -0.2) is 4.68 Å². The molecule has 7 nitrogen and oxygen atoms in total. The Balaban J connectivity index is 1.58. The average molecular weight is 431 g/mol. The van der Waals surface area contributed by atoms with E-state index in [9.17, 15) is 4.79 Å². The Kier molecular flexibility index (Phi) is 6.08. The van der Waals surface area contributed by atoms with Crippen molar-refractivity contribution in [3.8, 4) is 17.2 Å². The molecule has 0 fully saturated rings. The highest BCUT2D eigenvalue weighted by molar-refractivity contribution is 9.10. The number of carbonyl (C=O) groups excluding carboxylic acids is 1. The number of hydrogen-bond donors (Lipinski definition) is 1. The third-order valence-electron chi connectivity index (χ3n) is 3.96. The molecule has 1 heterocycles. The van der Waals surface area contributed by atoms with Gasteiger partial charge in [0, 0.05) is 11.0 Å². The summed E-state index contributed by atoms with van der Waals surface area (Å²) in [5.74, 6) is 1.08. The largest absolute Gasteiger partial charge is 0.493 e. The summed E-state index contributed by atoms with van der Waals surface area (Å²) in [5, 5.41) is 10.8. The lowest BCUT2D eigenvalue weighted by atomic mass is 10.1. The van der Waals surface area contributed by atoms with Crippen LogP contribution in [0.25, 0.3) is 5.69 Å². The van der Waals surface area contributed by atoms with E-state index in [-0.39, 0.29) is 11.6 Å².